The van der Waals surface area contributed by atoms with Gasteiger partial charge in [-0.1, -0.05) is 66.7 Å². The summed E-state index contributed by atoms with van der Waals surface area (Å²) in [4.78, 5) is 17.2. The van der Waals surface area contributed by atoms with Crippen LogP contribution in [0.25, 0.3) is 0 Å². The lowest BCUT2D eigenvalue weighted by Gasteiger charge is -2.58. The predicted molar refractivity (Wildman–Crippen MR) is 204 cm³/mol. The van der Waals surface area contributed by atoms with E-state index in [-0.39, 0.29) is 42.5 Å². The summed E-state index contributed by atoms with van der Waals surface area (Å²) in [5.74, 6) is 0.427. The van der Waals surface area contributed by atoms with Gasteiger partial charge in [-0.3, -0.25) is 4.79 Å². The number of amides is 1. The minimum Gasteiger partial charge on any atom is -0.493 e. The van der Waals surface area contributed by atoms with E-state index in [0.717, 1.165) is 73.9 Å². The molecule has 12 heteroatoms. The molecule has 0 spiro atoms. The lowest BCUT2D eigenvalue weighted by Crippen LogP contribution is -2.66. The number of carbonyl (C=O) groups excluding carboxylic acids is 1. The van der Waals surface area contributed by atoms with Crippen LogP contribution in [0.5, 0.6) is 11.5 Å². The Bertz CT molecular complexity index is 1900. The summed E-state index contributed by atoms with van der Waals surface area (Å²) in [6.07, 6.45) is -1.81. The minimum atomic E-state index is -4.53. The average Bonchev–Trinajstić information content (AvgIpc) is 3.32. The highest BCUT2D eigenvalue weighted by Crippen LogP contribution is 2.57. The molecule has 1 atom stereocenters. The van der Waals surface area contributed by atoms with Crippen molar-refractivity contribution in [3.8, 4) is 11.5 Å². The number of carbonyl (C=O) groups is 1. The molecule has 3 fully saturated rings. The highest BCUT2D eigenvalue weighted by Gasteiger charge is 2.60. The Morgan fingerprint density at radius 1 is 0.607 bits per heavy atom. The van der Waals surface area contributed by atoms with Gasteiger partial charge in [0.2, 0.25) is 5.91 Å². The van der Waals surface area contributed by atoms with Gasteiger partial charge in [0.25, 0.3) is 0 Å². The molecule has 1 amide bonds. The Kier molecular flexibility index (Phi) is 11.4. The van der Waals surface area contributed by atoms with Crippen LogP contribution in [-0.4, -0.2) is 36.6 Å². The van der Waals surface area contributed by atoms with Crippen LogP contribution in [0.3, 0.4) is 0 Å². The Hall–Kier alpha value is -3.89. The fourth-order valence-corrected chi connectivity index (χ4v) is 9.46. The molecule has 298 valence electrons. The molecule has 1 aliphatic heterocycles. The van der Waals surface area contributed by atoms with E-state index >= 15 is 4.79 Å². The van der Waals surface area contributed by atoms with Gasteiger partial charge in [-0.25, -0.2) is 0 Å². The Morgan fingerprint density at radius 2 is 1.07 bits per heavy atom. The summed E-state index contributed by atoms with van der Waals surface area (Å²) in [7, 11) is 0. The maximum absolute atomic E-state index is 15.2. The van der Waals surface area contributed by atoms with E-state index in [1.807, 2.05) is 53.4 Å². The minimum absolute atomic E-state index is 0.0137. The van der Waals surface area contributed by atoms with Crippen molar-refractivity contribution in [2.45, 2.75) is 93.4 Å². The van der Waals surface area contributed by atoms with E-state index in [4.69, 9.17) is 32.7 Å². The molecule has 7 rings (SSSR count). The van der Waals surface area contributed by atoms with Crippen molar-refractivity contribution >= 4 is 29.1 Å². The summed E-state index contributed by atoms with van der Waals surface area (Å²) in [5.41, 5.74) is -1.43. The molecule has 4 aromatic rings. The molecule has 1 heterocycles. The van der Waals surface area contributed by atoms with Gasteiger partial charge in [0.15, 0.2) is 0 Å². The summed E-state index contributed by atoms with van der Waals surface area (Å²) >= 11 is 12.6. The Labute approximate surface area is 333 Å². The maximum Gasteiger partial charge on any atom is 0.416 e. The van der Waals surface area contributed by atoms with Gasteiger partial charge in [-0.15, -0.1) is 0 Å². The van der Waals surface area contributed by atoms with Crippen molar-refractivity contribution in [1.82, 2.24) is 4.90 Å². The maximum atomic E-state index is 15.2. The molecule has 1 unspecified atom stereocenters. The topological polar surface area (TPSA) is 38.8 Å². The lowest BCUT2D eigenvalue weighted by atomic mass is 9.53. The van der Waals surface area contributed by atoms with Gasteiger partial charge in [-0.2, -0.15) is 26.3 Å². The third-order valence-corrected chi connectivity index (χ3v) is 12.9. The van der Waals surface area contributed by atoms with Crippen LogP contribution in [0.15, 0.2) is 97.1 Å². The molecule has 56 heavy (non-hydrogen) atoms. The SMILES string of the molecule is O=C(CC1(c2ccc(Cl)cc2)CCC1)N1CCCCC(COc2ccc(C(F)(F)F)cc2)(COc2ccc(C(F)(F)F)cc2)C1C1(c2ccc(Cl)cc2)CCC1. The fraction of sp³-hybridized carbons (Fsp3) is 0.432. The second-order valence-electron chi connectivity index (χ2n) is 15.8. The molecule has 1 saturated heterocycles. The molecule has 3 aliphatic rings. The largest absolute Gasteiger partial charge is 0.493 e. The van der Waals surface area contributed by atoms with Crippen molar-refractivity contribution in [3.05, 3.63) is 129 Å². The molecule has 0 aromatic heterocycles. The van der Waals surface area contributed by atoms with Gasteiger partial charge < -0.3 is 14.4 Å². The van der Waals surface area contributed by atoms with Crippen LogP contribution in [0.4, 0.5) is 26.3 Å². The molecule has 0 N–H and O–H groups in total. The van der Waals surface area contributed by atoms with Gasteiger partial charge in [0.05, 0.1) is 35.8 Å². The molecule has 0 bridgehead atoms. The number of ether oxygens (including phenoxy) is 2. The molecule has 2 saturated carbocycles. The van der Waals surface area contributed by atoms with E-state index in [1.165, 1.54) is 24.3 Å². The summed E-state index contributed by atoms with van der Waals surface area (Å²) in [5, 5.41) is 1.18. The number of hydrogen-bond acceptors (Lipinski definition) is 3. The zero-order valence-electron chi connectivity index (χ0n) is 30.7. The second kappa shape index (κ2) is 15.8. The average molecular weight is 819 g/mol. The van der Waals surface area contributed by atoms with E-state index in [0.29, 0.717) is 35.9 Å². The molecule has 2 aliphatic carbocycles. The number of nitrogens with zero attached hydrogens (tertiary/aromatic N) is 1. The van der Waals surface area contributed by atoms with Crippen LogP contribution in [0.1, 0.15) is 86.5 Å². The monoisotopic (exact) mass is 817 g/mol. The van der Waals surface area contributed by atoms with Crippen molar-refractivity contribution in [2.75, 3.05) is 19.8 Å². The molecule has 4 aromatic carbocycles. The van der Waals surface area contributed by atoms with Crippen LogP contribution >= 0.6 is 23.2 Å². The second-order valence-corrected chi connectivity index (χ2v) is 16.6. The van der Waals surface area contributed by atoms with Crippen LogP contribution in [0, 0.1) is 5.41 Å². The third kappa shape index (κ3) is 8.24. The predicted octanol–water partition coefficient (Wildman–Crippen LogP) is 12.5. The number of benzene rings is 4. The van der Waals surface area contributed by atoms with Crippen molar-refractivity contribution in [2.24, 2.45) is 5.41 Å². The standard InChI is InChI=1S/C44H43Cl2F6NO3/c45-34-13-5-30(6-14-34)40(22-3-23-40)27-38(54)53-26-2-1-21-41(28-55-36-17-9-32(10-18-36)43(47,48)49,29-56-37-19-11-33(12-20-37)44(50,51)52)39(53)42(24-4-25-42)31-7-15-35(46)16-8-31/h5-20,39H,1-4,21-29H2. The van der Waals surface area contributed by atoms with Crippen LogP contribution < -0.4 is 9.47 Å². The van der Waals surface area contributed by atoms with Crippen LogP contribution in [0.2, 0.25) is 10.0 Å². The van der Waals surface area contributed by atoms with E-state index in [1.54, 1.807) is 0 Å². The fourth-order valence-electron chi connectivity index (χ4n) is 9.21. The molecule has 0 radical (unpaired) electrons. The summed E-state index contributed by atoms with van der Waals surface area (Å²) in [6, 6.07) is 23.9. The Balaban J connectivity index is 1.32. The quantitative estimate of drug-likeness (QED) is 0.142. The zero-order valence-corrected chi connectivity index (χ0v) is 32.2. The molecule has 4 nitrogen and oxygen atoms in total. The molecular weight excluding hydrogens is 775 g/mol. The lowest BCUT2D eigenvalue weighted by molar-refractivity contribution is -0.147. The van der Waals surface area contributed by atoms with Gasteiger partial charge in [0, 0.05) is 33.8 Å². The van der Waals surface area contributed by atoms with E-state index in [2.05, 4.69) is 0 Å². The number of hydrogen-bond donors (Lipinski definition) is 0. The summed E-state index contributed by atoms with van der Waals surface area (Å²) < 4.78 is 93.8. The first-order chi connectivity index (χ1) is 26.6. The smallest absolute Gasteiger partial charge is 0.416 e. The van der Waals surface area contributed by atoms with Gasteiger partial charge in [0.1, 0.15) is 11.5 Å². The van der Waals surface area contributed by atoms with Crippen molar-refractivity contribution in [3.63, 3.8) is 0 Å². The first-order valence-corrected chi connectivity index (χ1v) is 19.8. The molecular formula is C44H43Cl2F6NO3. The Morgan fingerprint density at radius 3 is 1.48 bits per heavy atom. The number of halogens is 8. The van der Waals surface area contributed by atoms with Gasteiger partial charge >= 0.3 is 12.4 Å². The summed E-state index contributed by atoms with van der Waals surface area (Å²) in [6.45, 7) is 0.425. The van der Waals surface area contributed by atoms with Gasteiger partial charge in [-0.05, 0) is 122 Å². The van der Waals surface area contributed by atoms with Crippen molar-refractivity contribution in [1.29, 1.82) is 0 Å². The number of alkyl halides is 6. The van der Waals surface area contributed by atoms with Crippen molar-refractivity contribution < 1.29 is 40.6 Å². The highest BCUT2D eigenvalue weighted by atomic mass is 35.5. The highest BCUT2D eigenvalue weighted by molar-refractivity contribution is 6.30. The normalized spacial score (nSPS) is 20.3. The third-order valence-electron chi connectivity index (χ3n) is 12.4. The number of rotatable bonds is 11. The van der Waals surface area contributed by atoms with Crippen LogP contribution in [-0.2, 0) is 28.0 Å². The van der Waals surface area contributed by atoms with E-state index in [9.17, 15) is 26.3 Å². The van der Waals surface area contributed by atoms with E-state index < -0.39 is 40.4 Å². The first-order valence-electron chi connectivity index (χ1n) is 19.0. The zero-order chi connectivity index (χ0) is 39.8. The number of likely N-dealkylation sites (tertiary alicyclic amines) is 1. The first kappa shape index (κ1) is 40.3.